The van der Waals surface area contributed by atoms with Gasteiger partial charge < -0.3 is 19.3 Å². The Labute approximate surface area is 178 Å². The van der Waals surface area contributed by atoms with Crippen LogP contribution in [0.3, 0.4) is 0 Å². The fourth-order valence-electron chi connectivity index (χ4n) is 3.01. The van der Waals surface area contributed by atoms with E-state index in [2.05, 4.69) is 6.92 Å². The number of ether oxygens (including phenoxy) is 2. The third-order valence-electron chi connectivity index (χ3n) is 4.53. The third kappa shape index (κ3) is 8.72. The molecular weight excluding hydrogens is 407 g/mol. The van der Waals surface area contributed by atoms with Crippen LogP contribution in [0.5, 0.6) is 5.75 Å². The van der Waals surface area contributed by atoms with E-state index in [4.69, 9.17) is 23.6 Å². The van der Waals surface area contributed by atoms with Crippen molar-refractivity contribution < 1.29 is 33.0 Å². The van der Waals surface area contributed by atoms with Gasteiger partial charge in [-0.05, 0) is 30.7 Å². The molecule has 168 valence electrons. The van der Waals surface area contributed by atoms with Crippen LogP contribution in [-0.4, -0.2) is 37.9 Å². The Morgan fingerprint density at radius 1 is 0.900 bits per heavy atom. The van der Waals surface area contributed by atoms with Crippen molar-refractivity contribution in [3.63, 3.8) is 0 Å². The van der Waals surface area contributed by atoms with Gasteiger partial charge in [-0.1, -0.05) is 67.3 Å². The van der Waals surface area contributed by atoms with Crippen molar-refractivity contribution in [2.24, 2.45) is 0 Å². The molecule has 0 fully saturated rings. The molecule has 0 heterocycles. The van der Waals surface area contributed by atoms with Crippen molar-refractivity contribution >= 4 is 18.6 Å². The van der Waals surface area contributed by atoms with E-state index < -0.39 is 7.82 Å². The van der Waals surface area contributed by atoms with Crippen LogP contribution in [0.4, 0.5) is 0 Å². The first-order valence-electron chi connectivity index (χ1n) is 10.6. The van der Waals surface area contributed by atoms with Gasteiger partial charge in [0.2, 0.25) is 0 Å². The predicted molar refractivity (Wildman–Crippen MR) is 117 cm³/mol. The average Bonchev–Trinajstić information content (AvgIpc) is 2.75. The first kappa shape index (κ1) is 24.8. The van der Waals surface area contributed by atoms with E-state index in [9.17, 15) is 9.46 Å². The number of hydrogen-bond acceptors (Lipinski definition) is 6. The molecule has 0 saturated heterocycles. The summed E-state index contributed by atoms with van der Waals surface area (Å²) in [5.74, 6) is 0.454. The lowest BCUT2D eigenvalue weighted by Crippen LogP contribution is -2.09. The molecule has 0 aromatic heterocycles. The second-order valence-electron chi connectivity index (χ2n) is 6.85. The van der Waals surface area contributed by atoms with Gasteiger partial charge in [0.15, 0.2) is 5.75 Å². The molecule has 0 amide bonds. The lowest BCUT2D eigenvalue weighted by molar-refractivity contribution is -0.128. The zero-order valence-electron chi connectivity index (χ0n) is 17.9. The molecule has 0 bridgehead atoms. The summed E-state index contributed by atoms with van der Waals surface area (Å²) < 4.78 is 32.3. The van der Waals surface area contributed by atoms with Crippen molar-refractivity contribution in [2.45, 2.75) is 46.0 Å². The van der Waals surface area contributed by atoms with Gasteiger partial charge >= 0.3 is 7.82 Å². The average molecular weight is 440 g/mol. The van der Waals surface area contributed by atoms with Crippen molar-refractivity contribution in [3.05, 3.63) is 42.0 Å². The van der Waals surface area contributed by atoms with E-state index in [1.807, 2.05) is 43.3 Å². The minimum Gasteiger partial charge on any atom is -0.379 e. The summed E-state index contributed by atoms with van der Waals surface area (Å²) in [6.07, 6.45) is 5.26. The van der Waals surface area contributed by atoms with Gasteiger partial charge in [0.25, 0.3) is 0 Å². The number of phosphoric ester groups is 1. The highest BCUT2D eigenvalue weighted by Gasteiger charge is 2.25. The van der Waals surface area contributed by atoms with E-state index in [-0.39, 0.29) is 13.2 Å². The molecular formula is C22H33O7P. The highest BCUT2D eigenvalue weighted by atomic mass is 31.2. The van der Waals surface area contributed by atoms with Crippen molar-refractivity contribution in [3.8, 4) is 5.75 Å². The van der Waals surface area contributed by atoms with Gasteiger partial charge in [0.1, 0.15) is 0 Å². The molecule has 7 nitrogen and oxygen atoms in total. The van der Waals surface area contributed by atoms with Crippen LogP contribution in [0, 0.1) is 0 Å². The number of hydrogen-bond donors (Lipinski definition) is 1. The second kappa shape index (κ2) is 13.8. The Kier molecular flexibility index (Phi) is 11.4. The third-order valence-corrected chi connectivity index (χ3v) is 5.31. The molecule has 2 aromatic rings. The van der Waals surface area contributed by atoms with Crippen LogP contribution in [-0.2, 0) is 29.7 Å². The van der Waals surface area contributed by atoms with Crippen LogP contribution in [0.15, 0.2) is 36.4 Å². The Hall–Kier alpha value is -1.47. The van der Waals surface area contributed by atoms with Crippen LogP contribution < -0.4 is 4.89 Å². The predicted octanol–water partition coefficient (Wildman–Crippen LogP) is 5.44. The highest BCUT2D eigenvalue weighted by molar-refractivity contribution is 7.47. The second-order valence-corrected chi connectivity index (χ2v) is 8.20. The Balaban J connectivity index is 1.94. The molecule has 1 unspecified atom stereocenters. The van der Waals surface area contributed by atoms with Crippen molar-refractivity contribution in [1.82, 2.24) is 0 Å². The first-order valence-corrected chi connectivity index (χ1v) is 12.1. The highest BCUT2D eigenvalue weighted by Crippen LogP contribution is 2.44. The fraction of sp³-hybridized carbons (Fsp3) is 0.545. The molecule has 0 aliphatic heterocycles. The van der Waals surface area contributed by atoms with Gasteiger partial charge in [-0.3, -0.25) is 4.52 Å². The van der Waals surface area contributed by atoms with Gasteiger partial charge in [-0.25, -0.2) is 4.57 Å². The topological polar surface area (TPSA) is 83.5 Å². The SMILES string of the molecule is CCCCCCc1ccc2ccccc2c1OOP(=O)(O)OCCOCCOCC. The standard InChI is InChI=1S/C22H33O7P/c1-3-5-6-7-11-20-14-13-19-10-8-9-12-21(19)22(20)28-29-30(23,24)27-18-17-26-16-15-25-4-2/h8-10,12-14H,3-7,11,15-18H2,1-2H3,(H,23,24). The number of fused-ring (bicyclic) bond motifs is 1. The summed E-state index contributed by atoms with van der Waals surface area (Å²) in [7, 11) is -4.39. The van der Waals surface area contributed by atoms with Gasteiger partial charge in [0, 0.05) is 12.0 Å². The lowest BCUT2D eigenvalue weighted by atomic mass is 10.0. The largest absolute Gasteiger partial charge is 0.508 e. The molecule has 30 heavy (non-hydrogen) atoms. The van der Waals surface area contributed by atoms with Crippen LogP contribution in [0.1, 0.15) is 45.1 Å². The Bertz CT molecular complexity index is 796. The van der Waals surface area contributed by atoms with E-state index in [0.29, 0.717) is 25.6 Å². The van der Waals surface area contributed by atoms with Gasteiger partial charge in [-0.2, -0.15) is 0 Å². The molecule has 0 radical (unpaired) electrons. The summed E-state index contributed by atoms with van der Waals surface area (Å²) >= 11 is 0. The summed E-state index contributed by atoms with van der Waals surface area (Å²) in [5.41, 5.74) is 0.934. The summed E-state index contributed by atoms with van der Waals surface area (Å²) in [6.45, 7) is 5.60. The molecule has 1 N–H and O–H groups in total. The van der Waals surface area contributed by atoms with Crippen LogP contribution in [0.25, 0.3) is 10.8 Å². The maximum absolute atomic E-state index is 12.2. The number of benzene rings is 2. The first-order chi connectivity index (χ1) is 14.6. The lowest BCUT2D eigenvalue weighted by Gasteiger charge is -2.15. The smallest absolute Gasteiger partial charge is 0.379 e. The van der Waals surface area contributed by atoms with Crippen molar-refractivity contribution in [1.29, 1.82) is 0 Å². The Morgan fingerprint density at radius 2 is 1.67 bits per heavy atom. The van der Waals surface area contributed by atoms with E-state index in [0.717, 1.165) is 42.0 Å². The molecule has 8 heteroatoms. The van der Waals surface area contributed by atoms with Gasteiger partial charge in [0.05, 0.1) is 26.4 Å². The van der Waals surface area contributed by atoms with Crippen LogP contribution >= 0.6 is 7.82 Å². The van der Waals surface area contributed by atoms with Gasteiger partial charge in [-0.15, -0.1) is 0 Å². The number of unbranched alkanes of at least 4 members (excludes halogenated alkanes) is 3. The zero-order chi connectivity index (χ0) is 21.7. The molecule has 1 atom stereocenters. The maximum atomic E-state index is 12.2. The van der Waals surface area contributed by atoms with Crippen LogP contribution in [0.2, 0.25) is 0 Å². The molecule has 2 aromatic carbocycles. The van der Waals surface area contributed by atoms with E-state index in [1.54, 1.807) is 0 Å². The zero-order valence-corrected chi connectivity index (χ0v) is 18.8. The quantitative estimate of drug-likeness (QED) is 0.161. The Morgan fingerprint density at radius 3 is 2.47 bits per heavy atom. The number of phosphoric acid groups is 1. The molecule has 0 aliphatic rings. The molecule has 0 aliphatic carbocycles. The number of rotatable bonds is 16. The molecule has 0 saturated carbocycles. The number of aryl methyl sites for hydroxylation is 1. The van der Waals surface area contributed by atoms with E-state index in [1.165, 1.54) is 6.42 Å². The monoisotopic (exact) mass is 440 g/mol. The molecule has 2 rings (SSSR count). The molecule has 0 spiro atoms. The van der Waals surface area contributed by atoms with Crippen molar-refractivity contribution in [2.75, 3.05) is 33.0 Å². The normalized spacial score (nSPS) is 13.4. The minimum atomic E-state index is -4.39. The summed E-state index contributed by atoms with van der Waals surface area (Å²) in [4.78, 5) is 15.3. The van der Waals surface area contributed by atoms with E-state index >= 15 is 0 Å². The maximum Gasteiger partial charge on any atom is 0.508 e. The summed E-state index contributed by atoms with van der Waals surface area (Å²) in [6, 6.07) is 11.7. The fourth-order valence-corrected chi connectivity index (χ4v) is 3.52. The summed E-state index contributed by atoms with van der Waals surface area (Å²) in [5, 5.41) is 1.79. The minimum absolute atomic E-state index is 0.0946.